The maximum absolute atomic E-state index is 11.2. The van der Waals surface area contributed by atoms with E-state index < -0.39 is 6.10 Å². The van der Waals surface area contributed by atoms with E-state index in [0.717, 1.165) is 48.8 Å². The molecule has 0 aromatic heterocycles. The molecule has 0 bridgehead atoms. The van der Waals surface area contributed by atoms with Gasteiger partial charge in [0.1, 0.15) is 6.10 Å². The summed E-state index contributed by atoms with van der Waals surface area (Å²) in [5.74, 6) is 0. The van der Waals surface area contributed by atoms with Gasteiger partial charge in [-0.15, -0.1) is 0 Å². The third-order valence-corrected chi connectivity index (χ3v) is 5.95. The molecule has 1 atom stereocenters. The number of aryl methyl sites for hydroxylation is 1. The Bertz CT molecular complexity index is 689. The number of hydrogen-bond donors (Lipinski definition) is 1. The Balaban J connectivity index is 1.69. The zero-order valence-corrected chi connectivity index (χ0v) is 15.0. The van der Waals surface area contributed by atoms with Crippen LogP contribution >= 0.6 is 11.6 Å². The van der Waals surface area contributed by atoms with Gasteiger partial charge in [-0.05, 0) is 74.7 Å². The standard InChI is InChI=1S/C20H25ClN2O/c1-22-11-8-17(9-12-22)23-10-2-3-14-4-5-15-13-16(21)6-7-18(15)20(24)19(14)23/h2-3,6-7,13,17,20,24H,4-5,8-12H2,1H3. The molecule has 0 amide bonds. The Morgan fingerprint density at radius 1 is 1.17 bits per heavy atom. The Hall–Kier alpha value is -1.29. The number of benzene rings is 1. The van der Waals surface area contributed by atoms with E-state index in [1.807, 2.05) is 18.2 Å². The van der Waals surface area contributed by atoms with Gasteiger partial charge in [0, 0.05) is 17.6 Å². The molecule has 1 fully saturated rings. The van der Waals surface area contributed by atoms with Gasteiger partial charge in [-0.3, -0.25) is 0 Å². The lowest BCUT2D eigenvalue weighted by atomic mass is 9.95. The summed E-state index contributed by atoms with van der Waals surface area (Å²) in [7, 11) is 2.19. The lowest BCUT2D eigenvalue weighted by Gasteiger charge is -2.42. The molecule has 2 heterocycles. The number of allylic oxidation sites excluding steroid dienone is 2. The SMILES string of the molecule is CN1CCC(N2CC=CC3=C2C(O)c2ccc(Cl)cc2CC3)CC1. The molecule has 2 aliphatic heterocycles. The Labute approximate surface area is 149 Å². The van der Waals surface area contributed by atoms with Crippen LogP contribution in [0.15, 0.2) is 41.6 Å². The van der Waals surface area contributed by atoms with E-state index in [9.17, 15) is 5.11 Å². The minimum absolute atomic E-state index is 0.527. The summed E-state index contributed by atoms with van der Waals surface area (Å²) in [6.45, 7) is 3.18. The summed E-state index contributed by atoms with van der Waals surface area (Å²) in [6.07, 6.45) is 8.18. The van der Waals surface area contributed by atoms with E-state index in [1.54, 1.807) is 0 Å². The molecule has 1 aromatic rings. The van der Waals surface area contributed by atoms with Crippen LogP contribution in [0.25, 0.3) is 0 Å². The topological polar surface area (TPSA) is 26.7 Å². The van der Waals surface area contributed by atoms with E-state index in [0.29, 0.717) is 6.04 Å². The van der Waals surface area contributed by atoms with Crippen LogP contribution in [0.4, 0.5) is 0 Å². The molecule has 1 saturated heterocycles. The number of fused-ring (bicyclic) bond motifs is 1. The zero-order valence-electron chi connectivity index (χ0n) is 14.2. The van der Waals surface area contributed by atoms with E-state index in [4.69, 9.17) is 11.6 Å². The second-order valence-electron chi connectivity index (χ2n) is 7.25. The molecule has 128 valence electrons. The van der Waals surface area contributed by atoms with Crippen molar-refractivity contribution >= 4 is 11.6 Å². The third-order valence-electron chi connectivity index (χ3n) is 5.71. The predicted molar refractivity (Wildman–Crippen MR) is 98.1 cm³/mol. The highest BCUT2D eigenvalue weighted by Crippen LogP contribution is 2.39. The Morgan fingerprint density at radius 3 is 2.75 bits per heavy atom. The smallest absolute Gasteiger partial charge is 0.119 e. The Morgan fingerprint density at radius 2 is 1.96 bits per heavy atom. The molecule has 0 spiro atoms. The van der Waals surface area contributed by atoms with Gasteiger partial charge in [0.25, 0.3) is 0 Å². The lowest BCUT2D eigenvalue weighted by molar-refractivity contribution is 0.110. The van der Waals surface area contributed by atoms with Crippen LogP contribution in [0.2, 0.25) is 5.02 Å². The number of piperidine rings is 1. The molecule has 4 heteroatoms. The maximum atomic E-state index is 11.2. The molecule has 1 N–H and O–H groups in total. The van der Waals surface area contributed by atoms with E-state index in [1.165, 1.54) is 24.0 Å². The summed E-state index contributed by atoms with van der Waals surface area (Å²) in [6, 6.07) is 6.44. The van der Waals surface area contributed by atoms with Crippen LogP contribution in [0.5, 0.6) is 0 Å². The molecule has 4 rings (SSSR count). The van der Waals surface area contributed by atoms with Crippen LogP contribution in [0, 0.1) is 0 Å². The molecule has 0 saturated carbocycles. The van der Waals surface area contributed by atoms with Crippen molar-refractivity contribution in [2.45, 2.75) is 37.8 Å². The molecular formula is C20H25ClN2O. The van der Waals surface area contributed by atoms with Crippen molar-refractivity contribution in [3.05, 3.63) is 57.8 Å². The van der Waals surface area contributed by atoms with E-state index in [2.05, 4.69) is 29.0 Å². The van der Waals surface area contributed by atoms with Gasteiger partial charge < -0.3 is 14.9 Å². The molecule has 1 aliphatic carbocycles. The van der Waals surface area contributed by atoms with Crippen LogP contribution in [0.3, 0.4) is 0 Å². The van der Waals surface area contributed by atoms with Crippen LogP contribution in [0.1, 0.15) is 36.5 Å². The zero-order chi connectivity index (χ0) is 16.7. The fourth-order valence-electron chi connectivity index (χ4n) is 4.35. The molecule has 3 aliphatic rings. The molecule has 1 unspecified atom stereocenters. The van der Waals surface area contributed by atoms with Gasteiger partial charge in [0.05, 0.1) is 5.70 Å². The van der Waals surface area contributed by atoms with Crippen LogP contribution in [-0.4, -0.2) is 47.6 Å². The van der Waals surface area contributed by atoms with Crippen molar-refractivity contribution in [2.75, 3.05) is 26.7 Å². The van der Waals surface area contributed by atoms with Crippen LogP contribution in [-0.2, 0) is 6.42 Å². The number of hydrogen-bond acceptors (Lipinski definition) is 3. The average molecular weight is 345 g/mol. The number of aliphatic hydroxyl groups is 1. The molecule has 24 heavy (non-hydrogen) atoms. The highest BCUT2D eigenvalue weighted by Gasteiger charge is 2.33. The third kappa shape index (κ3) is 2.90. The fraction of sp³-hybridized carbons (Fsp3) is 0.500. The monoisotopic (exact) mass is 344 g/mol. The van der Waals surface area contributed by atoms with Gasteiger partial charge in [0.2, 0.25) is 0 Å². The number of halogens is 1. The number of aliphatic hydroxyl groups excluding tert-OH is 1. The fourth-order valence-corrected chi connectivity index (χ4v) is 4.54. The second-order valence-corrected chi connectivity index (χ2v) is 7.68. The lowest BCUT2D eigenvalue weighted by Crippen LogP contribution is -2.45. The van der Waals surface area contributed by atoms with Gasteiger partial charge in [-0.25, -0.2) is 0 Å². The first-order valence-electron chi connectivity index (χ1n) is 8.94. The number of rotatable bonds is 1. The largest absolute Gasteiger partial charge is 0.382 e. The van der Waals surface area contributed by atoms with Crippen molar-refractivity contribution in [1.29, 1.82) is 0 Å². The summed E-state index contributed by atoms with van der Waals surface area (Å²) >= 11 is 6.17. The minimum atomic E-state index is -0.542. The number of likely N-dealkylation sites (tertiary alicyclic amines) is 1. The Kier molecular flexibility index (Phi) is 4.42. The van der Waals surface area contributed by atoms with Crippen molar-refractivity contribution < 1.29 is 5.11 Å². The van der Waals surface area contributed by atoms with Gasteiger partial charge >= 0.3 is 0 Å². The summed E-state index contributed by atoms with van der Waals surface area (Å²) in [4.78, 5) is 4.86. The summed E-state index contributed by atoms with van der Waals surface area (Å²) in [5.41, 5.74) is 4.63. The molecular weight excluding hydrogens is 320 g/mol. The first-order chi connectivity index (χ1) is 11.6. The maximum Gasteiger partial charge on any atom is 0.119 e. The summed E-state index contributed by atoms with van der Waals surface area (Å²) in [5, 5.41) is 11.9. The average Bonchev–Trinajstić information content (AvgIpc) is 2.73. The quantitative estimate of drug-likeness (QED) is 0.844. The predicted octanol–water partition coefficient (Wildman–Crippen LogP) is 3.54. The number of nitrogens with zero attached hydrogens (tertiary/aromatic N) is 2. The van der Waals surface area contributed by atoms with Crippen LogP contribution < -0.4 is 0 Å². The molecule has 1 aromatic carbocycles. The van der Waals surface area contributed by atoms with Crippen molar-refractivity contribution in [3.63, 3.8) is 0 Å². The normalized spacial score (nSPS) is 25.5. The second kappa shape index (κ2) is 6.55. The highest BCUT2D eigenvalue weighted by atomic mass is 35.5. The van der Waals surface area contributed by atoms with Crippen molar-refractivity contribution in [1.82, 2.24) is 9.80 Å². The summed E-state index contributed by atoms with van der Waals surface area (Å²) < 4.78 is 0. The van der Waals surface area contributed by atoms with E-state index >= 15 is 0 Å². The van der Waals surface area contributed by atoms with Gasteiger partial charge in [0.15, 0.2) is 0 Å². The van der Waals surface area contributed by atoms with E-state index in [-0.39, 0.29) is 0 Å². The molecule has 0 radical (unpaired) electrons. The highest BCUT2D eigenvalue weighted by molar-refractivity contribution is 6.30. The first kappa shape index (κ1) is 16.2. The van der Waals surface area contributed by atoms with Gasteiger partial charge in [-0.1, -0.05) is 29.8 Å². The minimum Gasteiger partial charge on any atom is -0.382 e. The van der Waals surface area contributed by atoms with Gasteiger partial charge in [-0.2, -0.15) is 0 Å². The molecule has 3 nitrogen and oxygen atoms in total. The first-order valence-corrected chi connectivity index (χ1v) is 9.32. The van der Waals surface area contributed by atoms with Crippen molar-refractivity contribution in [2.24, 2.45) is 0 Å². The van der Waals surface area contributed by atoms with Crippen molar-refractivity contribution in [3.8, 4) is 0 Å².